The van der Waals surface area contributed by atoms with Crippen molar-refractivity contribution in [3.63, 3.8) is 0 Å². The maximum Gasteiger partial charge on any atom is 0.410 e. The number of hydrogen-bond donors (Lipinski definition) is 0. The number of halogens is 1. The van der Waals surface area contributed by atoms with Crippen LogP contribution >= 0.6 is 0 Å². The zero-order valence-corrected chi connectivity index (χ0v) is 14.4. The third-order valence-corrected chi connectivity index (χ3v) is 3.78. The number of ketones is 1. The van der Waals surface area contributed by atoms with Crippen molar-refractivity contribution in [2.75, 3.05) is 13.1 Å². The minimum Gasteiger partial charge on any atom is -0.444 e. The second-order valence-corrected chi connectivity index (χ2v) is 7.41. The molecule has 1 aromatic carbocycles. The Labute approximate surface area is 136 Å². The van der Waals surface area contributed by atoms with Crippen LogP contribution in [0.1, 0.15) is 56.5 Å². The van der Waals surface area contributed by atoms with E-state index in [-0.39, 0.29) is 13.1 Å². The van der Waals surface area contributed by atoms with Crippen molar-refractivity contribution in [2.45, 2.75) is 51.8 Å². The Bertz CT molecular complexity index is 596. The zero-order chi connectivity index (χ0) is 17.4. The predicted octanol–water partition coefficient (Wildman–Crippen LogP) is 3.95. The summed E-state index contributed by atoms with van der Waals surface area (Å²) in [7, 11) is 0. The normalized spacial score (nSPS) is 16.9. The Morgan fingerprint density at radius 3 is 2.13 bits per heavy atom. The molecule has 1 fully saturated rings. The molecule has 0 spiro atoms. The van der Waals surface area contributed by atoms with E-state index in [1.54, 1.807) is 32.9 Å². The fourth-order valence-corrected chi connectivity index (χ4v) is 2.44. The summed E-state index contributed by atoms with van der Waals surface area (Å²) in [6.45, 7) is 8.83. The van der Waals surface area contributed by atoms with Gasteiger partial charge in [0.05, 0.1) is 13.1 Å². The van der Waals surface area contributed by atoms with Crippen LogP contribution in [0.4, 0.5) is 9.18 Å². The van der Waals surface area contributed by atoms with Crippen molar-refractivity contribution < 1.29 is 18.7 Å². The number of alkyl halides is 1. The molecule has 0 bridgehead atoms. The first kappa shape index (κ1) is 17.4. The fourth-order valence-electron chi connectivity index (χ4n) is 2.44. The molecular formula is C18H24FNO3. The highest BCUT2D eigenvalue weighted by Crippen LogP contribution is 2.31. The SMILES string of the molecule is CC(C)c1ccc(C(=O)C2(F)CN(C(=O)OC(C)(C)C)C2)cc1. The zero-order valence-electron chi connectivity index (χ0n) is 14.4. The molecule has 4 nitrogen and oxygen atoms in total. The Morgan fingerprint density at radius 1 is 1.17 bits per heavy atom. The Morgan fingerprint density at radius 2 is 1.70 bits per heavy atom. The van der Waals surface area contributed by atoms with Gasteiger partial charge in [0.2, 0.25) is 11.5 Å². The number of likely N-dealkylation sites (tertiary alicyclic amines) is 1. The lowest BCUT2D eigenvalue weighted by Crippen LogP contribution is -2.65. The van der Waals surface area contributed by atoms with Gasteiger partial charge in [-0.25, -0.2) is 9.18 Å². The predicted molar refractivity (Wildman–Crippen MR) is 86.5 cm³/mol. The first-order valence-corrected chi connectivity index (χ1v) is 7.83. The highest BCUT2D eigenvalue weighted by Gasteiger charge is 2.52. The molecule has 2 rings (SSSR count). The number of Topliss-reactive ketones (excluding diaryl/α,β-unsaturated/α-hetero) is 1. The van der Waals surface area contributed by atoms with E-state index in [9.17, 15) is 14.0 Å². The number of carbonyl (C=O) groups excluding carboxylic acids is 2. The smallest absolute Gasteiger partial charge is 0.410 e. The van der Waals surface area contributed by atoms with Crippen LogP contribution in [-0.2, 0) is 4.74 Å². The number of hydrogen-bond acceptors (Lipinski definition) is 3. The maximum atomic E-state index is 14.7. The molecule has 0 radical (unpaired) electrons. The molecule has 1 aliphatic heterocycles. The molecule has 0 N–H and O–H groups in total. The van der Waals surface area contributed by atoms with Crippen molar-refractivity contribution in [1.29, 1.82) is 0 Å². The second kappa shape index (κ2) is 5.95. The van der Waals surface area contributed by atoms with Gasteiger partial charge in [-0.1, -0.05) is 38.1 Å². The first-order valence-electron chi connectivity index (χ1n) is 7.83. The van der Waals surface area contributed by atoms with E-state index in [4.69, 9.17) is 4.74 Å². The summed E-state index contributed by atoms with van der Waals surface area (Å²) in [6, 6.07) is 6.97. The van der Waals surface area contributed by atoms with Crippen LogP contribution in [0.15, 0.2) is 24.3 Å². The molecular weight excluding hydrogens is 297 g/mol. The minimum atomic E-state index is -2.02. The highest BCUT2D eigenvalue weighted by molar-refractivity contribution is 6.04. The molecule has 23 heavy (non-hydrogen) atoms. The fraction of sp³-hybridized carbons (Fsp3) is 0.556. The molecule has 5 heteroatoms. The van der Waals surface area contributed by atoms with E-state index in [0.717, 1.165) is 5.56 Å². The quantitative estimate of drug-likeness (QED) is 0.792. The molecule has 0 saturated carbocycles. The molecule has 0 aromatic heterocycles. The largest absolute Gasteiger partial charge is 0.444 e. The van der Waals surface area contributed by atoms with E-state index in [1.165, 1.54) is 4.90 Å². The van der Waals surface area contributed by atoms with Crippen LogP contribution in [0, 0.1) is 0 Å². The van der Waals surface area contributed by atoms with Gasteiger partial charge in [0.1, 0.15) is 5.60 Å². The summed E-state index contributed by atoms with van der Waals surface area (Å²) in [5.74, 6) is -0.225. The lowest BCUT2D eigenvalue weighted by Gasteiger charge is -2.43. The highest BCUT2D eigenvalue weighted by atomic mass is 19.1. The molecule has 0 unspecified atom stereocenters. The van der Waals surface area contributed by atoms with Crippen LogP contribution in [0.5, 0.6) is 0 Å². The molecule has 0 aliphatic carbocycles. The summed E-state index contributed by atoms with van der Waals surface area (Å²) in [6.07, 6.45) is -0.589. The topological polar surface area (TPSA) is 46.6 Å². The van der Waals surface area contributed by atoms with Gasteiger partial charge in [-0.3, -0.25) is 4.79 Å². The van der Waals surface area contributed by atoms with Gasteiger partial charge in [0.25, 0.3) is 0 Å². The lowest BCUT2D eigenvalue weighted by atomic mass is 9.87. The van der Waals surface area contributed by atoms with Gasteiger partial charge in [-0.2, -0.15) is 0 Å². The maximum absolute atomic E-state index is 14.7. The summed E-state index contributed by atoms with van der Waals surface area (Å²) in [5.41, 5.74) is -1.22. The van der Waals surface area contributed by atoms with E-state index in [2.05, 4.69) is 13.8 Å². The summed E-state index contributed by atoms with van der Waals surface area (Å²) in [5, 5.41) is 0. The molecule has 0 atom stereocenters. The number of nitrogens with zero attached hydrogens (tertiary/aromatic N) is 1. The van der Waals surface area contributed by atoms with Crippen LogP contribution in [-0.4, -0.2) is 41.1 Å². The van der Waals surface area contributed by atoms with Gasteiger partial charge in [-0.05, 0) is 32.3 Å². The number of carbonyl (C=O) groups is 2. The molecule has 1 saturated heterocycles. The Kier molecular flexibility index (Phi) is 4.51. The summed E-state index contributed by atoms with van der Waals surface area (Å²) < 4.78 is 19.9. The van der Waals surface area contributed by atoms with Crippen molar-refractivity contribution in [3.8, 4) is 0 Å². The summed E-state index contributed by atoms with van der Waals surface area (Å²) in [4.78, 5) is 25.4. The van der Waals surface area contributed by atoms with E-state index >= 15 is 0 Å². The van der Waals surface area contributed by atoms with Gasteiger partial charge in [-0.15, -0.1) is 0 Å². The Balaban J connectivity index is 2.00. The number of amides is 1. The van der Waals surface area contributed by atoms with E-state index in [1.807, 2.05) is 12.1 Å². The van der Waals surface area contributed by atoms with E-state index in [0.29, 0.717) is 11.5 Å². The molecule has 126 valence electrons. The van der Waals surface area contributed by atoms with Gasteiger partial charge < -0.3 is 9.64 Å². The van der Waals surface area contributed by atoms with Crippen LogP contribution < -0.4 is 0 Å². The third kappa shape index (κ3) is 3.89. The van der Waals surface area contributed by atoms with Crippen LogP contribution in [0.2, 0.25) is 0 Å². The lowest BCUT2D eigenvalue weighted by molar-refractivity contribution is -0.0373. The first-order chi connectivity index (χ1) is 10.5. The second-order valence-electron chi connectivity index (χ2n) is 7.41. The monoisotopic (exact) mass is 321 g/mol. The average Bonchev–Trinajstić information content (AvgIpc) is 2.41. The minimum absolute atomic E-state index is 0.257. The van der Waals surface area contributed by atoms with Crippen LogP contribution in [0.25, 0.3) is 0 Å². The Hall–Kier alpha value is -1.91. The number of rotatable bonds is 3. The standard InChI is InChI=1S/C18H24FNO3/c1-12(2)13-6-8-14(9-7-13)15(21)18(19)10-20(11-18)16(22)23-17(3,4)5/h6-9,12H,10-11H2,1-5H3. The van der Waals surface area contributed by atoms with Crippen molar-refractivity contribution in [2.24, 2.45) is 0 Å². The van der Waals surface area contributed by atoms with Gasteiger partial charge in [0, 0.05) is 5.56 Å². The van der Waals surface area contributed by atoms with Gasteiger partial charge >= 0.3 is 6.09 Å². The van der Waals surface area contributed by atoms with Crippen molar-refractivity contribution in [1.82, 2.24) is 4.90 Å². The van der Waals surface area contributed by atoms with Crippen LogP contribution in [0.3, 0.4) is 0 Å². The number of ether oxygens (including phenoxy) is 1. The molecule has 1 aromatic rings. The third-order valence-electron chi connectivity index (χ3n) is 3.78. The summed E-state index contributed by atoms with van der Waals surface area (Å²) >= 11 is 0. The molecule has 1 heterocycles. The molecule has 1 aliphatic rings. The number of benzene rings is 1. The van der Waals surface area contributed by atoms with E-state index < -0.39 is 23.1 Å². The average molecular weight is 321 g/mol. The molecule has 1 amide bonds. The van der Waals surface area contributed by atoms with Crippen molar-refractivity contribution in [3.05, 3.63) is 35.4 Å². The van der Waals surface area contributed by atoms with Crippen molar-refractivity contribution >= 4 is 11.9 Å². The van der Waals surface area contributed by atoms with Gasteiger partial charge in [0.15, 0.2) is 0 Å².